The molecule has 1 N–H and O–H groups in total. The van der Waals surface area contributed by atoms with Gasteiger partial charge in [-0.15, -0.1) is 0 Å². The van der Waals surface area contributed by atoms with Crippen LogP contribution in [0.1, 0.15) is 12.0 Å². The van der Waals surface area contributed by atoms with E-state index in [-0.39, 0.29) is 0 Å². The molecule has 1 aromatic carbocycles. The molecule has 0 bridgehead atoms. The molecule has 0 aromatic heterocycles. The molecule has 1 saturated heterocycles. The second kappa shape index (κ2) is 7.32. The maximum Gasteiger partial charge on any atom is 0.0367 e. The van der Waals surface area contributed by atoms with Crippen LogP contribution in [0.25, 0.3) is 10.4 Å². The SMILES string of the molecule is [N-]=[N+]=NCCC#Cc1ccc(N2CCNCC2)cc1. The molecule has 1 aliphatic heterocycles. The van der Waals surface area contributed by atoms with Crippen LogP contribution in [0.3, 0.4) is 0 Å². The van der Waals surface area contributed by atoms with Crippen molar-refractivity contribution in [2.24, 2.45) is 5.11 Å². The molecule has 1 aromatic rings. The average Bonchev–Trinajstić information content (AvgIpc) is 2.49. The molecule has 19 heavy (non-hydrogen) atoms. The van der Waals surface area contributed by atoms with Crippen LogP contribution in [-0.2, 0) is 0 Å². The lowest BCUT2D eigenvalue weighted by Gasteiger charge is -2.29. The van der Waals surface area contributed by atoms with Gasteiger partial charge in [-0.3, -0.25) is 0 Å². The van der Waals surface area contributed by atoms with E-state index < -0.39 is 0 Å². The molecule has 1 aliphatic rings. The van der Waals surface area contributed by atoms with Gasteiger partial charge >= 0.3 is 0 Å². The van der Waals surface area contributed by atoms with Crippen molar-refractivity contribution in [1.82, 2.24) is 5.32 Å². The summed E-state index contributed by atoms with van der Waals surface area (Å²) < 4.78 is 0. The third-order valence-electron chi connectivity index (χ3n) is 2.98. The summed E-state index contributed by atoms with van der Waals surface area (Å²) in [7, 11) is 0. The van der Waals surface area contributed by atoms with Crippen molar-refractivity contribution in [3.05, 3.63) is 40.3 Å². The summed E-state index contributed by atoms with van der Waals surface area (Å²) in [5, 5.41) is 6.79. The minimum absolute atomic E-state index is 0.433. The van der Waals surface area contributed by atoms with Crippen molar-refractivity contribution in [1.29, 1.82) is 0 Å². The molecule has 0 unspecified atom stereocenters. The third-order valence-corrected chi connectivity index (χ3v) is 2.98. The molecule has 5 heteroatoms. The molecule has 1 heterocycles. The van der Waals surface area contributed by atoms with Crippen LogP contribution in [-0.4, -0.2) is 32.7 Å². The van der Waals surface area contributed by atoms with Crippen molar-refractivity contribution in [3.63, 3.8) is 0 Å². The highest BCUT2D eigenvalue weighted by Crippen LogP contribution is 2.15. The van der Waals surface area contributed by atoms with Crippen LogP contribution in [0.4, 0.5) is 5.69 Å². The fraction of sp³-hybridized carbons (Fsp3) is 0.429. The zero-order valence-electron chi connectivity index (χ0n) is 10.8. The molecule has 0 aliphatic carbocycles. The van der Waals surface area contributed by atoms with Gasteiger partial charge in [0.25, 0.3) is 0 Å². The quantitative estimate of drug-likeness (QED) is 0.296. The molecule has 0 atom stereocenters. The predicted molar refractivity (Wildman–Crippen MR) is 77.0 cm³/mol. The second-order valence-electron chi connectivity index (χ2n) is 4.29. The summed E-state index contributed by atoms with van der Waals surface area (Å²) in [5.74, 6) is 6.07. The molecular formula is C14H17N5. The van der Waals surface area contributed by atoms with E-state index in [1.54, 1.807) is 0 Å². The average molecular weight is 255 g/mol. The van der Waals surface area contributed by atoms with E-state index in [4.69, 9.17) is 5.53 Å². The number of benzene rings is 1. The summed E-state index contributed by atoms with van der Waals surface area (Å²) >= 11 is 0. The number of azide groups is 1. The van der Waals surface area contributed by atoms with Gasteiger partial charge in [-0.25, -0.2) is 0 Å². The van der Waals surface area contributed by atoms with Gasteiger partial charge in [0.15, 0.2) is 0 Å². The molecule has 5 nitrogen and oxygen atoms in total. The first-order valence-electron chi connectivity index (χ1n) is 6.45. The highest BCUT2D eigenvalue weighted by Gasteiger charge is 2.09. The highest BCUT2D eigenvalue weighted by molar-refractivity contribution is 5.50. The Morgan fingerprint density at radius 2 is 2.00 bits per heavy atom. The van der Waals surface area contributed by atoms with Crippen LogP contribution < -0.4 is 10.2 Å². The molecule has 0 saturated carbocycles. The Labute approximate surface area is 113 Å². The fourth-order valence-electron chi connectivity index (χ4n) is 1.99. The third kappa shape index (κ3) is 4.22. The molecule has 0 radical (unpaired) electrons. The Morgan fingerprint density at radius 1 is 1.26 bits per heavy atom. The van der Waals surface area contributed by atoms with E-state index in [2.05, 4.69) is 44.2 Å². The van der Waals surface area contributed by atoms with Crippen molar-refractivity contribution < 1.29 is 0 Å². The van der Waals surface area contributed by atoms with Crippen molar-refractivity contribution >= 4 is 5.69 Å². The van der Waals surface area contributed by atoms with Crippen molar-refractivity contribution in [2.45, 2.75) is 6.42 Å². The first kappa shape index (κ1) is 13.3. The van der Waals surface area contributed by atoms with E-state index >= 15 is 0 Å². The zero-order chi connectivity index (χ0) is 13.3. The molecule has 2 rings (SSSR count). The van der Waals surface area contributed by atoms with Gasteiger partial charge in [0.1, 0.15) is 0 Å². The summed E-state index contributed by atoms with van der Waals surface area (Å²) in [6.07, 6.45) is 0.601. The van der Waals surface area contributed by atoms with Crippen LogP contribution in [0.2, 0.25) is 0 Å². The largest absolute Gasteiger partial charge is 0.369 e. The highest BCUT2D eigenvalue weighted by atomic mass is 15.2. The first-order valence-corrected chi connectivity index (χ1v) is 6.45. The molecular weight excluding hydrogens is 238 g/mol. The number of hydrogen-bond donors (Lipinski definition) is 1. The molecule has 0 spiro atoms. The van der Waals surface area contributed by atoms with Gasteiger partial charge in [0.2, 0.25) is 0 Å². The number of hydrogen-bond acceptors (Lipinski definition) is 3. The maximum atomic E-state index is 8.14. The maximum absolute atomic E-state index is 8.14. The second-order valence-corrected chi connectivity index (χ2v) is 4.29. The molecule has 1 fully saturated rings. The number of anilines is 1. The standard InChI is InChI=1S/C14H17N5/c15-18-17-8-2-1-3-13-4-6-14(7-5-13)19-11-9-16-10-12-19/h4-7,16H,2,8-12H2. The first-order chi connectivity index (χ1) is 9.40. The van der Waals surface area contributed by atoms with Gasteiger partial charge in [-0.05, 0) is 29.8 Å². The number of rotatable bonds is 3. The van der Waals surface area contributed by atoms with Gasteiger partial charge < -0.3 is 10.2 Å². The van der Waals surface area contributed by atoms with Crippen LogP contribution in [0, 0.1) is 11.8 Å². The van der Waals surface area contributed by atoms with E-state index in [1.807, 2.05) is 12.1 Å². The van der Waals surface area contributed by atoms with Gasteiger partial charge in [0.05, 0.1) is 0 Å². The Balaban J connectivity index is 1.92. The van der Waals surface area contributed by atoms with Crippen molar-refractivity contribution in [2.75, 3.05) is 37.6 Å². The lowest BCUT2D eigenvalue weighted by Crippen LogP contribution is -2.43. The van der Waals surface area contributed by atoms with Crippen LogP contribution >= 0.6 is 0 Å². The minimum atomic E-state index is 0.433. The number of nitrogens with one attached hydrogen (secondary N) is 1. The summed E-state index contributed by atoms with van der Waals surface area (Å²) in [6, 6.07) is 8.31. The Hall–Kier alpha value is -2.15. The lowest BCUT2D eigenvalue weighted by molar-refractivity contribution is 0.589. The van der Waals surface area contributed by atoms with Gasteiger partial charge in [0, 0.05) is 55.3 Å². The van der Waals surface area contributed by atoms with E-state index in [9.17, 15) is 0 Å². The number of piperazine rings is 1. The van der Waals surface area contributed by atoms with E-state index in [0.717, 1.165) is 31.7 Å². The Bertz CT molecular complexity index is 499. The van der Waals surface area contributed by atoms with Crippen LogP contribution in [0.15, 0.2) is 29.4 Å². The fourth-order valence-corrected chi connectivity index (χ4v) is 1.99. The minimum Gasteiger partial charge on any atom is -0.369 e. The van der Waals surface area contributed by atoms with Gasteiger partial charge in [-0.2, -0.15) is 0 Å². The lowest BCUT2D eigenvalue weighted by atomic mass is 10.2. The van der Waals surface area contributed by atoms with E-state index in [1.165, 1.54) is 5.69 Å². The van der Waals surface area contributed by atoms with E-state index in [0.29, 0.717) is 13.0 Å². The molecule has 98 valence electrons. The van der Waals surface area contributed by atoms with Crippen molar-refractivity contribution in [3.8, 4) is 11.8 Å². The van der Waals surface area contributed by atoms with Crippen LogP contribution in [0.5, 0.6) is 0 Å². The monoisotopic (exact) mass is 255 g/mol. The summed E-state index contributed by atoms with van der Waals surface area (Å²) in [6.45, 7) is 4.62. The Kier molecular flexibility index (Phi) is 5.12. The number of nitrogens with zero attached hydrogens (tertiary/aromatic N) is 4. The predicted octanol–water partition coefficient (Wildman–Crippen LogP) is 2.15. The summed E-state index contributed by atoms with van der Waals surface area (Å²) in [5.41, 5.74) is 10.4. The van der Waals surface area contributed by atoms with Gasteiger partial charge in [-0.1, -0.05) is 17.0 Å². The normalized spacial score (nSPS) is 14.2. The Morgan fingerprint density at radius 3 is 2.68 bits per heavy atom. The topological polar surface area (TPSA) is 64.0 Å². The molecule has 0 amide bonds. The smallest absolute Gasteiger partial charge is 0.0367 e. The summed E-state index contributed by atoms with van der Waals surface area (Å²) in [4.78, 5) is 5.06. The zero-order valence-corrected chi connectivity index (χ0v) is 10.8.